The molecule has 6 heteroatoms. The van der Waals surface area contributed by atoms with Crippen molar-refractivity contribution in [1.82, 2.24) is 10.2 Å². The van der Waals surface area contributed by atoms with Gasteiger partial charge in [-0.25, -0.2) is 4.79 Å². The highest BCUT2D eigenvalue weighted by Crippen LogP contribution is 2.35. The minimum atomic E-state index is -0.768. The number of hydrogen-bond donors (Lipinski definition) is 2. The SMILES string of the molecule is CCCC1(C(=O)O)CCCN(C(=O)NCCSC)C1. The molecule has 1 unspecified atom stereocenters. The largest absolute Gasteiger partial charge is 0.481 e. The molecule has 0 radical (unpaired) electrons. The van der Waals surface area contributed by atoms with E-state index in [4.69, 9.17) is 0 Å². The Hall–Kier alpha value is -0.910. The number of hydrogen-bond acceptors (Lipinski definition) is 3. The first-order valence-electron chi connectivity index (χ1n) is 6.81. The zero-order chi connectivity index (χ0) is 14.3. The number of carboxylic acid groups (broad SMARTS) is 1. The molecule has 1 fully saturated rings. The average molecular weight is 288 g/mol. The van der Waals surface area contributed by atoms with Crippen LogP contribution in [0.3, 0.4) is 0 Å². The second-order valence-electron chi connectivity index (χ2n) is 5.09. The number of aliphatic carboxylic acids is 1. The van der Waals surface area contributed by atoms with Crippen LogP contribution in [0.25, 0.3) is 0 Å². The van der Waals surface area contributed by atoms with Crippen LogP contribution in [0.1, 0.15) is 32.6 Å². The van der Waals surface area contributed by atoms with E-state index in [1.807, 2.05) is 13.2 Å². The summed E-state index contributed by atoms with van der Waals surface area (Å²) in [4.78, 5) is 25.2. The molecule has 2 amide bonds. The summed E-state index contributed by atoms with van der Waals surface area (Å²) >= 11 is 1.68. The first-order valence-corrected chi connectivity index (χ1v) is 8.20. The molecular formula is C13H24N2O3S. The minimum absolute atomic E-state index is 0.129. The van der Waals surface area contributed by atoms with E-state index < -0.39 is 11.4 Å². The lowest BCUT2D eigenvalue weighted by molar-refractivity contribution is -0.152. The maximum atomic E-state index is 12.0. The Bertz CT molecular complexity index is 321. The number of carboxylic acids is 1. The first kappa shape index (κ1) is 16.1. The van der Waals surface area contributed by atoms with E-state index in [0.29, 0.717) is 32.5 Å². The summed E-state index contributed by atoms with van der Waals surface area (Å²) in [6.07, 6.45) is 4.89. The van der Waals surface area contributed by atoms with Crippen molar-refractivity contribution in [2.45, 2.75) is 32.6 Å². The van der Waals surface area contributed by atoms with Crippen molar-refractivity contribution >= 4 is 23.8 Å². The molecular weight excluding hydrogens is 264 g/mol. The van der Waals surface area contributed by atoms with E-state index in [0.717, 1.165) is 18.6 Å². The van der Waals surface area contributed by atoms with E-state index in [9.17, 15) is 14.7 Å². The fourth-order valence-corrected chi connectivity index (χ4v) is 2.95. The summed E-state index contributed by atoms with van der Waals surface area (Å²) < 4.78 is 0. The van der Waals surface area contributed by atoms with Gasteiger partial charge in [0.2, 0.25) is 0 Å². The van der Waals surface area contributed by atoms with Gasteiger partial charge in [0.1, 0.15) is 0 Å². The van der Waals surface area contributed by atoms with Gasteiger partial charge in [0.05, 0.1) is 5.41 Å². The summed E-state index contributed by atoms with van der Waals surface area (Å²) in [5.41, 5.74) is -0.746. The fourth-order valence-electron chi connectivity index (χ4n) is 2.64. The normalized spacial score (nSPS) is 23.2. The molecule has 5 nitrogen and oxygen atoms in total. The van der Waals surface area contributed by atoms with Gasteiger partial charge in [-0.2, -0.15) is 11.8 Å². The third-order valence-corrected chi connectivity index (χ3v) is 4.24. The Morgan fingerprint density at radius 1 is 1.47 bits per heavy atom. The standard InChI is InChI=1S/C13H24N2O3S/c1-3-5-13(11(16)17)6-4-8-15(10-13)12(18)14-7-9-19-2/h3-10H2,1-2H3,(H,14,18)(H,16,17). The van der Waals surface area contributed by atoms with Crippen LogP contribution in [0.2, 0.25) is 0 Å². The Balaban J connectivity index is 2.61. The molecule has 19 heavy (non-hydrogen) atoms. The van der Waals surface area contributed by atoms with Gasteiger partial charge >= 0.3 is 12.0 Å². The third kappa shape index (κ3) is 4.30. The Kier molecular flexibility index (Phi) is 6.48. The van der Waals surface area contributed by atoms with Crippen molar-refractivity contribution in [3.63, 3.8) is 0 Å². The van der Waals surface area contributed by atoms with Gasteiger partial charge in [-0.3, -0.25) is 4.79 Å². The molecule has 1 atom stereocenters. The number of rotatable bonds is 6. The van der Waals surface area contributed by atoms with Gasteiger partial charge in [0.15, 0.2) is 0 Å². The van der Waals surface area contributed by atoms with Crippen LogP contribution in [-0.4, -0.2) is 53.6 Å². The number of piperidine rings is 1. The summed E-state index contributed by atoms with van der Waals surface area (Å²) in [5, 5.41) is 12.3. The Labute approximate surface area is 119 Å². The summed E-state index contributed by atoms with van der Waals surface area (Å²) in [7, 11) is 0. The highest BCUT2D eigenvalue weighted by molar-refractivity contribution is 7.98. The molecule has 1 heterocycles. The van der Waals surface area contributed by atoms with E-state index in [2.05, 4.69) is 5.32 Å². The second-order valence-corrected chi connectivity index (χ2v) is 6.07. The second kappa shape index (κ2) is 7.62. The van der Waals surface area contributed by atoms with E-state index >= 15 is 0 Å². The maximum absolute atomic E-state index is 12.0. The van der Waals surface area contributed by atoms with E-state index in [1.54, 1.807) is 16.7 Å². The van der Waals surface area contributed by atoms with Crippen molar-refractivity contribution in [2.24, 2.45) is 5.41 Å². The number of likely N-dealkylation sites (tertiary alicyclic amines) is 1. The van der Waals surface area contributed by atoms with Gasteiger partial charge in [-0.1, -0.05) is 13.3 Å². The number of urea groups is 1. The zero-order valence-corrected chi connectivity index (χ0v) is 12.6. The summed E-state index contributed by atoms with van der Waals surface area (Å²) in [5.74, 6) is 0.106. The number of thioether (sulfide) groups is 1. The molecule has 0 saturated carbocycles. The predicted octanol–water partition coefficient (Wildman–Crippen LogP) is 2.03. The number of carbonyl (C=O) groups excluding carboxylic acids is 1. The third-order valence-electron chi connectivity index (χ3n) is 3.63. The van der Waals surface area contributed by atoms with Gasteiger partial charge in [0.25, 0.3) is 0 Å². The molecule has 110 valence electrons. The molecule has 1 aliphatic heterocycles. The summed E-state index contributed by atoms with van der Waals surface area (Å²) in [6, 6.07) is -0.129. The van der Waals surface area contributed by atoms with Crippen LogP contribution in [0.15, 0.2) is 0 Å². The molecule has 0 aromatic rings. The zero-order valence-electron chi connectivity index (χ0n) is 11.8. The van der Waals surface area contributed by atoms with Gasteiger partial charge in [0, 0.05) is 25.4 Å². The molecule has 1 aliphatic rings. The van der Waals surface area contributed by atoms with E-state index in [-0.39, 0.29) is 6.03 Å². The number of amides is 2. The number of nitrogens with zero attached hydrogens (tertiary/aromatic N) is 1. The van der Waals surface area contributed by atoms with Crippen LogP contribution in [-0.2, 0) is 4.79 Å². The van der Waals surface area contributed by atoms with Crippen LogP contribution < -0.4 is 5.32 Å². The lowest BCUT2D eigenvalue weighted by atomic mass is 9.76. The fraction of sp³-hybridized carbons (Fsp3) is 0.846. The number of nitrogens with one attached hydrogen (secondary N) is 1. The van der Waals surface area contributed by atoms with Crippen LogP contribution >= 0.6 is 11.8 Å². The van der Waals surface area contributed by atoms with Crippen molar-refractivity contribution in [3.05, 3.63) is 0 Å². The molecule has 0 bridgehead atoms. The van der Waals surface area contributed by atoms with Crippen LogP contribution in [0.4, 0.5) is 4.79 Å². The lowest BCUT2D eigenvalue weighted by Gasteiger charge is -2.39. The van der Waals surface area contributed by atoms with E-state index in [1.165, 1.54) is 0 Å². The molecule has 0 aromatic carbocycles. The van der Waals surface area contributed by atoms with Crippen molar-refractivity contribution < 1.29 is 14.7 Å². The van der Waals surface area contributed by atoms with Crippen molar-refractivity contribution in [1.29, 1.82) is 0 Å². The maximum Gasteiger partial charge on any atom is 0.317 e. The van der Waals surface area contributed by atoms with Crippen molar-refractivity contribution in [3.8, 4) is 0 Å². The molecule has 0 aliphatic carbocycles. The number of carbonyl (C=O) groups is 2. The van der Waals surface area contributed by atoms with Crippen molar-refractivity contribution in [2.75, 3.05) is 31.6 Å². The highest BCUT2D eigenvalue weighted by atomic mass is 32.2. The Morgan fingerprint density at radius 3 is 2.79 bits per heavy atom. The van der Waals surface area contributed by atoms with Gasteiger partial charge < -0.3 is 15.3 Å². The molecule has 0 spiro atoms. The molecule has 1 rings (SSSR count). The van der Waals surface area contributed by atoms with Crippen LogP contribution in [0.5, 0.6) is 0 Å². The quantitative estimate of drug-likeness (QED) is 0.734. The monoisotopic (exact) mass is 288 g/mol. The smallest absolute Gasteiger partial charge is 0.317 e. The summed E-state index contributed by atoms with van der Waals surface area (Å²) in [6.45, 7) is 3.61. The highest BCUT2D eigenvalue weighted by Gasteiger charge is 2.42. The van der Waals surface area contributed by atoms with Gasteiger partial charge in [-0.15, -0.1) is 0 Å². The topological polar surface area (TPSA) is 69.6 Å². The molecule has 0 aromatic heterocycles. The molecule has 2 N–H and O–H groups in total. The van der Waals surface area contributed by atoms with Gasteiger partial charge in [-0.05, 0) is 25.5 Å². The van der Waals surface area contributed by atoms with Crippen LogP contribution in [0, 0.1) is 5.41 Å². The Morgan fingerprint density at radius 2 is 2.21 bits per heavy atom. The molecule has 1 saturated heterocycles. The predicted molar refractivity (Wildman–Crippen MR) is 77.6 cm³/mol. The average Bonchev–Trinajstić information content (AvgIpc) is 2.39. The lowest BCUT2D eigenvalue weighted by Crippen LogP contribution is -2.52. The first-order chi connectivity index (χ1) is 9.05. The minimum Gasteiger partial charge on any atom is -0.481 e.